The fourth-order valence-corrected chi connectivity index (χ4v) is 1.78. The van der Waals surface area contributed by atoms with Gasteiger partial charge in [0.05, 0.1) is 6.21 Å². The zero-order valence-electron chi connectivity index (χ0n) is 11.5. The smallest absolute Gasteiger partial charge is 0.280 e. The Morgan fingerprint density at radius 2 is 1.86 bits per heavy atom. The summed E-state index contributed by atoms with van der Waals surface area (Å²) in [6, 6.07) is 16.4. The van der Waals surface area contributed by atoms with Gasteiger partial charge >= 0.3 is 0 Å². The molecule has 0 heterocycles. The second kappa shape index (κ2) is 7.45. The van der Waals surface area contributed by atoms with Crippen molar-refractivity contribution in [1.29, 1.82) is 0 Å². The molecule has 0 bridgehead atoms. The molecule has 21 heavy (non-hydrogen) atoms. The second-order valence-corrected chi connectivity index (χ2v) is 4.74. The number of rotatable bonds is 5. The number of carbonyl (C=O) groups is 1. The fourth-order valence-electron chi connectivity index (χ4n) is 1.59. The van der Waals surface area contributed by atoms with Crippen LogP contribution in [0.4, 0.5) is 0 Å². The van der Waals surface area contributed by atoms with Crippen LogP contribution in [0, 0.1) is 0 Å². The van der Waals surface area contributed by atoms with E-state index in [0.29, 0.717) is 10.8 Å². The number of amides is 1. The Hall–Kier alpha value is -2.33. The molecule has 1 amide bonds. The molecule has 2 aromatic carbocycles. The van der Waals surface area contributed by atoms with Crippen LogP contribution in [-0.4, -0.2) is 18.2 Å². The van der Waals surface area contributed by atoms with E-state index in [0.717, 1.165) is 5.56 Å². The molecule has 1 N–H and O–H groups in total. The number of ether oxygens (including phenoxy) is 1. The van der Waals surface area contributed by atoms with E-state index in [1.54, 1.807) is 25.1 Å². The second-order valence-electron chi connectivity index (χ2n) is 4.33. The summed E-state index contributed by atoms with van der Waals surface area (Å²) in [5, 5.41) is 4.45. The molecule has 0 fully saturated rings. The van der Waals surface area contributed by atoms with E-state index < -0.39 is 6.10 Å². The third kappa shape index (κ3) is 4.61. The van der Waals surface area contributed by atoms with Crippen molar-refractivity contribution in [3.8, 4) is 5.75 Å². The molecule has 5 heteroatoms. The Kier molecular flexibility index (Phi) is 5.35. The Balaban J connectivity index is 1.88. The fraction of sp³-hybridized carbons (Fsp3) is 0.125. The van der Waals surface area contributed by atoms with Crippen molar-refractivity contribution < 1.29 is 9.53 Å². The number of benzene rings is 2. The SMILES string of the molecule is C[C@@H](Oc1ccccc1)C(=O)NN=Cc1ccccc1Cl. The first-order valence-corrected chi connectivity index (χ1v) is 6.84. The maximum absolute atomic E-state index is 11.8. The molecule has 0 aliphatic carbocycles. The number of halogens is 1. The number of para-hydroxylation sites is 1. The van der Waals surface area contributed by atoms with E-state index in [2.05, 4.69) is 10.5 Å². The molecule has 0 saturated carbocycles. The molecule has 4 nitrogen and oxygen atoms in total. The predicted octanol–water partition coefficient (Wildman–Crippen LogP) is 3.26. The summed E-state index contributed by atoms with van der Waals surface area (Å²) in [6.07, 6.45) is 0.853. The summed E-state index contributed by atoms with van der Waals surface area (Å²) in [5.41, 5.74) is 3.16. The normalized spacial score (nSPS) is 12.1. The van der Waals surface area contributed by atoms with Gasteiger partial charge in [-0.2, -0.15) is 5.10 Å². The lowest BCUT2D eigenvalue weighted by molar-refractivity contribution is -0.127. The minimum absolute atomic E-state index is 0.331. The van der Waals surface area contributed by atoms with Gasteiger partial charge in [-0.3, -0.25) is 4.79 Å². The van der Waals surface area contributed by atoms with E-state index in [9.17, 15) is 4.79 Å². The van der Waals surface area contributed by atoms with Crippen molar-refractivity contribution in [3.63, 3.8) is 0 Å². The van der Waals surface area contributed by atoms with E-state index in [-0.39, 0.29) is 5.91 Å². The van der Waals surface area contributed by atoms with Crippen LogP contribution < -0.4 is 10.2 Å². The third-order valence-corrected chi connectivity index (χ3v) is 3.05. The molecule has 0 aromatic heterocycles. The van der Waals surface area contributed by atoms with Crippen molar-refractivity contribution in [2.45, 2.75) is 13.0 Å². The molecule has 0 saturated heterocycles. The molecular formula is C16H15ClN2O2. The van der Waals surface area contributed by atoms with E-state index in [1.807, 2.05) is 36.4 Å². The highest BCUT2D eigenvalue weighted by Gasteiger charge is 2.13. The summed E-state index contributed by atoms with van der Waals surface area (Å²) in [5.74, 6) is 0.303. The molecular weight excluding hydrogens is 288 g/mol. The first-order valence-electron chi connectivity index (χ1n) is 6.46. The lowest BCUT2D eigenvalue weighted by Gasteiger charge is -2.12. The number of hydrogen-bond acceptors (Lipinski definition) is 3. The van der Waals surface area contributed by atoms with Crippen molar-refractivity contribution in [2.24, 2.45) is 5.10 Å². The van der Waals surface area contributed by atoms with Gasteiger partial charge < -0.3 is 4.74 Å². The van der Waals surface area contributed by atoms with Gasteiger partial charge in [0.2, 0.25) is 0 Å². The van der Waals surface area contributed by atoms with E-state index >= 15 is 0 Å². The Morgan fingerprint density at radius 1 is 1.19 bits per heavy atom. The molecule has 1 atom stereocenters. The summed E-state index contributed by atoms with van der Waals surface area (Å²) in [6.45, 7) is 1.66. The molecule has 0 aliphatic rings. The molecule has 0 spiro atoms. The maximum atomic E-state index is 11.8. The molecule has 2 rings (SSSR count). The zero-order valence-corrected chi connectivity index (χ0v) is 12.2. The summed E-state index contributed by atoms with van der Waals surface area (Å²) in [7, 11) is 0. The number of carbonyl (C=O) groups excluding carboxylic acids is 1. The summed E-state index contributed by atoms with van der Waals surface area (Å²) >= 11 is 5.98. The third-order valence-electron chi connectivity index (χ3n) is 2.71. The Bertz CT molecular complexity index is 629. The first-order chi connectivity index (χ1) is 10.2. The van der Waals surface area contributed by atoms with Crippen molar-refractivity contribution in [1.82, 2.24) is 5.43 Å². The van der Waals surface area contributed by atoms with Gasteiger partial charge in [-0.05, 0) is 25.1 Å². The van der Waals surface area contributed by atoms with Crippen molar-refractivity contribution in [2.75, 3.05) is 0 Å². The van der Waals surface area contributed by atoms with Crippen LogP contribution in [0.1, 0.15) is 12.5 Å². The molecule has 0 unspecified atom stereocenters. The lowest BCUT2D eigenvalue weighted by atomic mass is 10.2. The number of nitrogens with zero attached hydrogens (tertiary/aromatic N) is 1. The highest BCUT2D eigenvalue weighted by molar-refractivity contribution is 6.33. The largest absolute Gasteiger partial charge is 0.481 e. The average molecular weight is 303 g/mol. The predicted molar refractivity (Wildman–Crippen MR) is 83.7 cm³/mol. The van der Waals surface area contributed by atoms with Gasteiger partial charge in [-0.1, -0.05) is 48.0 Å². The van der Waals surface area contributed by atoms with Crippen LogP contribution in [-0.2, 0) is 4.79 Å². The van der Waals surface area contributed by atoms with Gasteiger partial charge in [-0.15, -0.1) is 0 Å². The first kappa shape index (κ1) is 15.1. The number of hydrazone groups is 1. The van der Waals surface area contributed by atoms with E-state index in [4.69, 9.17) is 16.3 Å². The van der Waals surface area contributed by atoms with Gasteiger partial charge in [0.25, 0.3) is 5.91 Å². The van der Waals surface area contributed by atoms with Crippen LogP contribution in [0.3, 0.4) is 0 Å². The summed E-state index contributed by atoms with van der Waals surface area (Å²) < 4.78 is 5.49. The number of hydrogen-bond donors (Lipinski definition) is 1. The quantitative estimate of drug-likeness (QED) is 0.681. The van der Waals surface area contributed by atoms with Crippen molar-refractivity contribution in [3.05, 3.63) is 65.2 Å². The van der Waals surface area contributed by atoms with Crippen LogP contribution >= 0.6 is 11.6 Å². The molecule has 0 radical (unpaired) electrons. The van der Waals surface area contributed by atoms with Crippen LogP contribution in [0.5, 0.6) is 5.75 Å². The molecule has 2 aromatic rings. The van der Waals surface area contributed by atoms with Gasteiger partial charge in [0, 0.05) is 10.6 Å². The van der Waals surface area contributed by atoms with E-state index in [1.165, 1.54) is 6.21 Å². The Labute approximate surface area is 128 Å². The molecule has 0 aliphatic heterocycles. The molecule has 108 valence electrons. The summed E-state index contributed by atoms with van der Waals surface area (Å²) in [4.78, 5) is 11.8. The maximum Gasteiger partial charge on any atom is 0.280 e. The van der Waals surface area contributed by atoms with Crippen LogP contribution in [0.15, 0.2) is 59.7 Å². The minimum Gasteiger partial charge on any atom is -0.481 e. The standard InChI is InChI=1S/C16H15ClN2O2/c1-12(21-14-8-3-2-4-9-14)16(20)19-18-11-13-7-5-6-10-15(13)17/h2-12H,1H3,(H,19,20)/t12-/m1/s1. The minimum atomic E-state index is -0.643. The average Bonchev–Trinajstić information content (AvgIpc) is 2.50. The monoisotopic (exact) mass is 302 g/mol. The topological polar surface area (TPSA) is 50.7 Å². The van der Waals surface area contributed by atoms with Gasteiger partial charge in [0.15, 0.2) is 6.10 Å². The van der Waals surface area contributed by atoms with Crippen LogP contribution in [0.2, 0.25) is 5.02 Å². The highest BCUT2D eigenvalue weighted by atomic mass is 35.5. The Morgan fingerprint density at radius 3 is 2.57 bits per heavy atom. The van der Waals surface area contributed by atoms with Crippen LogP contribution in [0.25, 0.3) is 0 Å². The lowest BCUT2D eigenvalue weighted by Crippen LogP contribution is -2.33. The highest BCUT2D eigenvalue weighted by Crippen LogP contribution is 2.12. The van der Waals surface area contributed by atoms with Crippen molar-refractivity contribution >= 4 is 23.7 Å². The number of nitrogens with one attached hydrogen (secondary N) is 1. The van der Waals surface area contributed by atoms with Gasteiger partial charge in [0.1, 0.15) is 5.75 Å². The van der Waals surface area contributed by atoms with Gasteiger partial charge in [-0.25, -0.2) is 5.43 Å². The zero-order chi connectivity index (χ0) is 15.1.